The molecule has 1 saturated heterocycles. The van der Waals surface area contributed by atoms with E-state index in [-0.39, 0.29) is 17.6 Å². The quantitative estimate of drug-likeness (QED) is 0.554. The Kier molecular flexibility index (Phi) is 5.72. The van der Waals surface area contributed by atoms with Crippen LogP contribution in [0.5, 0.6) is 0 Å². The lowest BCUT2D eigenvalue weighted by atomic mass is 9.89. The zero-order valence-electron chi connectivity index (χ0n) is 16.1. The molecule has 3 aromatic rings. The molecule has 0 unspecified atom stereocenters. The van der Waals surface area contributed by atoms with Crippen LogP contribution in [0.1, 0.15) is 45.8 Å². The Hall–Kier alpha value is -3.38. The van der Waals surface area contributed by atoms with Gasteiger partial charge in [0.2, 0.25) is 0 Å². The molecule has 1 fully saturated rings. The lowest BCUT2D eigenvalue weighted by Gasteiger charge is -2.32. The predicted molar refractivity (Wildman–Crippen MR) is 113 cm³/mol. The molecule has 29 heavy (non-hydrogen) atoms. The zero-order chi connectivity index (χ0) is 20.1. The predicted octanol–water partition coefficient (Wildman–Crippen LogP) is 5.25. The van der Waals surface area contributed by atoms with E-state index < -0.39 is 0 Å². The highest BCUT2D eigenvalue weighted by Crippen LogP contribution is 2.30. The summed E-state index contributed by atoms with van der Waals surface area (Å²) in [6, 6.07) is 24.2. The molecule has 2 nitrogen and oxygen atoms in total. The third-order valence-corrected chi connectivity index (χ3v) is 5.38. The monoisotopic (exact) mass is 383 g/mol. The Morgan fingerprint density at radius 2 is 1.38 bits per heavy atom. The molecule has 1 aliphatic rings. The number of halogens is 1. The summed E-state index contributed by atoms with van der Waals surface area (Å²) in [5.41, 5.74) is 3.27. The van der Waals surface area contributed by atoms with Crippen LogP contribution in [0.3, 0.4) is 0 Å². The molecule has 0 bridgehead atoms. The maximum atomic E-state index is 14.0. The summed E-state index contributed by atoms with van der Waals surface area (Å²) < 4.78 is 14.0. The molecule has 4 rings (SSSR count). The van der Waals surface area contributed by atoms with Crippen LogP contribution in [-0.2, 0) is 0 Å². The zero-order valence-corrected chi connectivity index (χ0v) is 16.1. The number of amides is 1. The van der Waals surface area contributed by atoms with E-state index in [0.29, 0.717) is 18.7 Å². The molecule has 0 N–H and O–H groups in total. The van der Waals surface area contributed by atoms with Crippen LogP contribution in [0.15, 0.2) is 78.9 Å². The highest BCUT2D eigenvalue weighted by atomic mass is 19.1. The molecular formula is C26H22FNO. The van der Waals surface area contributed by atoms with Gasteiger partial charge in [0.05, 0.1) is 0 Å². The van der Waals surface area contributed by atoms with Crippen molar-refractivity contribution in [1.29, 1.82) is 0 Å². The molecule has 1 aliphatic heterocycles. The van der Waals surface area contributed by atoms with Crippen molar-refractivity contribution in [3.05, 3.63) is 107 Å². The third-order valence-electron chi connectivity index (χ3n) is 5.38. The van der Waals surface area contributed by atoms with Gasteiger partial charge < -0.3 is 4.90 Å². The van der Waals surface area contributed by atoms with Crippen molar-refractivity contribution in [3.8, 4) is 11.8 Å². The molecule has 0 aromatic heterocycles. The van der Waals surface area contributed by atoms with Crippen LogP contribution in [0.25, 0.3) is 0 Å². The summed E-state index contributed by atoms with van der Waals surface area (Å²) in [4.78, 5) is 14.7. The Bertz CT molecular complexity index is 1040. The van der Waals surface area contributed by atoms with Crippen molar-refractivity contribution in [2.24, 2.45) is 0 Å². The van der Waals surface area contributed by atoms with Crippen LogP contribution >= 0.6 is 0 Å². The highest BCUT2D eigenvalue weighted by Gasteiger charge is 2.25. The van der Waals surface area contributed by atoms with E-state index in [1.54, 1.807) is 6.07 Å². The van der Waals surface area contributed by atoms with E-state index in [9.17, 15) is 9.18 Å². The third kappa shape index (κ3) is 4.55. The fourth-order valence-corrected chi connectivity index (χ4v) is 3.74. The molecule has 144 valence electrons. The molecule has 0 radical (unpaired) electrons. The van der Waals surface area contributed by atoms with Gasteiger partial charge >= 0.3 is 0 Å². The molecule has 1 heterocycles. The summed E-state index contributed by atoms with van der Waals surface area (Å²) in [6.07, 6.45) is 1.57. The first kappa shape index (κ1) is 19.0. The maximum Gasteiger partial charge on any atom is 0.253 e. The Labute approximate surface area is 171 Å². The summed E-state index contributed by atoms with van der Waals surface area (Å²) in [5.74, 6) is 6.30. The maximum absolute atomic E-state index is 14.0. The van der Waals surface area contributed by atoms with Gasteiger partial charge in [-0.3, -0.25) is 4.79 Å². The van der Waals surface area contributed by atoms with Crippen molar-refractivity contribution in [3.63, 3.8) is 0 Å². The van der Waals surface area contributed by atoms with Crippen molar-refractivity contribution in [2.45, 2.75) is 18.8 Å². The summed E-state index contributed by atoms with van der Waals surface area (Å²) in [5, 5.41) is 0. The van der Waals surface area contributed by atoms with Crippen molar-refractivity contribution in [2.75, 3.05) is 13.1 Å². The van der Waals surface area contributed by atoms with Crippen LogP contribution in [0.2, 0.25) is 0 Å². The average Bonchev–Trinajstić information content (AvgIpc) is 2.79. The first-order valence-corrected chi connectivity index (χ1v) is 9.91. The number of piperidine rings is 1. The fourth-order valence-electron chi connectivity index (χ4n) is 3.74. The Morgan fingerprint density at radius 3 is 2.03 bits per heavy atom. The fraction of sp³-hybridized carbons (Fsp3) is 0.192. The highest BCUT2D eigenvalue weighted by molar-refractivity contribution is 5.94. The average molecular weight is 383 g/mol. The van der Waals surface area contributed by atoms with Gasteiger partial charge in [-0.1, -0.05) is 48.2 Å². The lowest BCUT2D eigenvalue weighted by Crippen LogP contribution is -2.38. The number of hydrogen-bond donors (Lipinski definition) is 0. The minimum atomic E-state index is -0.149. The molecule has 0 saturated carbocycles. The summed E-state index contributed by atoms with van der Waals surface area (Å²) in [7, 11) is 0. The van der Waals surface area contributed by atoms with E-state index in [1.807, 2.05) is 71.6 Å². The molecule has 3 heteroatoms. The van der Waals surface area contributed by atoms with Gasteiger partial charge in [0.1, 0.15) is 5.82 Å². The number of likely N-dealkylation sites (tertiary alicyclic amines) is 1. The molecule has 1 amide bonds. The number of hydrogen-bond acceptors (Lipinski definition) is 1. The van der Waals surface area contributed by atoms with Gasteiger partial charge in [-0.25, -0.2) is 4.39 Å². The SMILES string of the molecule is O=C(c1ccc(C#Cc2ccccc2)cc1)N1CCC(c2ccccc2F)CC1. The van der Waals surface area contributed by atoms with E-state index in [1.165, 1.54) is 6.07 Å². The van der Waals surface area contributed by atoms with E-state index >= 15 is 0 Å². The van der Waals surface area contributed by atoms with E-state index in [0.717, 1.165) is 29.5 Å². The van der Waals surface area contributed by atoms with Gasteiger partial charge in [0.15, 0.2) is 0 Å². The molecule has 3 aromatic carbocycles. The first-order chi connectivity index (χ1) is 14.2. The van der Waals surface area contributed by atoms with Gasteiger partial charge in [-0.15, -0.1) is 0 Å². The second kappa shape index (κ2) is 8.75. The van der Waals surface area contributed by atoms with Crippen molar-refractivity contribution >= 4 is 5.91 Å². The molecule has 0 spiro atoms. The van der Waals surface area contributed by atoms with Crippen molar-refractivity contribution < 1.29 is 9.18 Å². The van der Waals surface area contributed by atoms with E-state index in [4.69, 9.17) is 0 Å². The van der Waals surface area contributed by atoms with Gasteiger partial charge in [-0.2, -0.15) is 0 Å². The normalized spacial score (nSPS) is 14.2. The second-order valence-electron chi connectivity index (χ2n) is 7.28. The number of carbonyl (C=O) groups is 1. The van der Waals surface area contributed by atoms with Gasteiger partial charge in [-0.05, 0) is 66.8 Å². The minimum absolute atomic E-state index is 0.0274. The van der Waals surface area contributed by atoms with E-state index in [2.05, 4.69) is 11.8 Å². The van der Waals surface area contributed by atoms with Crippen LogP contribution in [0.4, 0.5) is 4.39 Å². The summed E-state index contributed by atoms with van der Waals surface area (Å²) in [6.45, 7) is 1.29. The Morgan fingerprint density at radius 1 is 0.793 bits per heavy atom. The summed E-state index contributed by atoms with van der Waals surface area (Å²) >= 11 is 0. The topological polar surface area (TPSA) is 20.3 Å². The Balaban J connectivity index is 1.38. The lowest BCUT2D eigenvalue weighted by molar-refractivity contribution is 0.0712. The second-order valence-corrected chi connectivity index (χ2v) is 7.28. The van der Waals surface area contributed by atoms with Gasteiger partial charge in [0, 0.05) is 29.8 Å². The number of benzene rings is 3. The minimum Gasteiger partial charge on any atom is -0.339 e. The smallest absolute Gasteiger partial charge is 0.253 e. The van der Waals surface area contributed by atoms with Gasteiger partial charge in [0.25, 0.3) is 5.91 Å². The molecular weight excluding hydrogens is 361 g/mol. The first-order valence-electron chi connectivity index (χ1n) is 9.91. The van der Waals surface area contributed by atoms with Crippen LogP contribution in [0, 0.1) is 17.7 Å². The number of carbonyl (C=O) groups excluding carboxylic acids is 1. The van der Waals surface area contributed by atoms with Crippen LogP contribution < -0.4 is 0 Å². The number of rotatable bonds is 2. The molecule has 0 aliphatic carbocycles. The van der Waals surface area contributed by atoms with Crippen LogP contribution in [-0.4, -0.2) is 23.9 Å². The largest absolute Gasteiger partial charge is 0.339 e. The molecule has 0 atom stereocenters. The number of nitrogens with zero attached hydrogens (tertiary/aromatic N) is 1. The van der Waals surface area contributed by atoms with Crippen molar-refractivity contribution in [1.82, 2.24) is 4.90 Å². The standard InChI is InChI=1S/C26H22FNO/c27-25-9-5-4-8-24(25)22-16-18-28(19-17-22)26(29)23-14-12-21(13-15-23)11-10-20-6-2-1-3-7-20/h1-9,12-15,22H,16-19H2.